The molecule has 0 radical (unpaired) electrons. The van der Waals surface area contributed by atoms with E-state index < -0.39 is 40.0 Å². The number of sulfonamides is 1. The summed E-state index contributed by atoms with van der Waals surface area (Å²) in [7, 11) is -2.79. The number of nitrogens with one attached hydrogen (secondary N) is 1. The fourth-order valence-corrected chi connectivity index (χ4v) is 5.73. The van der Waals surface area contributed by atoms with Crippen LogP contribution in [0.2, 0.25) is 10.0 Å². The number of ether oxygens (including phenoxy) is 1. The van der Waals surface area contributed by atoms with Gasteiger partial charge in [-0.1, -0.05) is 59.6 Å². The number of hydrogen-bond acceptors (Lipinski definition) is 5. The summed E-state index contributed by atoms with van der Waals surface area (Å²) in [6.07, 6.45) is 0. The monoisotopic (exact) mass is 605 g/mol. The Morgan fingerprint density at radius 3 is 2.17 bits per heavy atom. The molecule has 214 valence electrons. The zero-order valence-electron chi connectivity index (χ0n) is 23.0. The molecular weight excluding hydrogens is 573 g/mol. The molecule has 3 rings (SSSR count). The van der Waals surface area contributed by atoms with Gasteiger partial charge in [-0.05, 0) is 69.7 Å². The van der Waals surface area contributed by atoms with Crippen molar-refractivity contribution in [3.63, 3.8) is 0 Å². The molecule has 0 aromatic heterocycles. The van der Waals surface area contributed by atoms with Crippen LogP contribution in [0.4, 0.5) is 5.69 Å². The largest absolute Gasteiger partial charge is 0.495 e. The number of hydrogen-bond donors (Lipinski definition) is 1. The summed E-state index contributed by atoms with van der Waals surface area (Å²) >= 11 is 12.3. The van der Waals surface area contributed by atoms with E-state index in [1.165, 1.54) is 24.1 Å². The molecule has 8 nitrogen and oxygen atoms in total. The van der Waals surface area contributed by atoms with Gasteiger partial charge in [0.25, 0.3) is 10.0 Å². The van der Waals surface area contributed by atoms with Crippen molar-refractivity contribution < 1.29 is 22.7 Å². The molecule has 3 aromatic rings. The first-order valence-electron chi connectivity index (χ1n) is 12.5. The second-order valence-electron chi connectivity index (χ2n) is 10.2. The van der Waals surface area contributed by atoms with Crippen LogP contribution in [-0.4, -0.2) is 50.4 Å². The smallest absolute Gasteiger partial charge is 0.264 e. The maximum atomic E-state index is 14.0. The highest BCUT2D eigenvalue weighted by molar-refractivity contribution is 7.92. The predicted molar refractivity (Wildman–Crippen MR) is 158 cm³/mol. The lowest BCUT2D eigenvalue weighted by Crippen LogP contribution is -2.54. The first kappa shape index (κ1) is 31.3. The zero-order chi connectivity index (χ0) is 29.7. The molecule has 0 aliphatic rings. The highest BCUT2D eigenvalue weighted by Crippen LogP contribution is 2.32. The van der Waals surface area contributed by atoms with Crippen molar-refractivity contribution in [2.75, 3.05) is 18.0 Å². The van der Waals surface area contributed by atoms with Gasteiger partial charge in [0.1, 0.15) is 18.3 Å². The standard InChI is InChI=1S/C29H33Cl2N3O5S/c1-20(28(36)32-29(2,3)4)33(18-21-15-16-23(30)24(31)17-21)27(35)19-34(25-13-9-10-14-26(25)39-5)40(37,38)22-11-7-6-8-12-22/h6-17,20H,18-19H2,1-5H3,(H,32,36)/t20-/m1/s1. The average molecular weight is 607 g/mol. The number of amides is 2. The van der Waals surface area contributed by atoms with Gasteiger partial charge in [-0.15, -0.1) is 0 Å². The van der Waals surface area contributed by atoms with E-state index in [0.717, 1.165) is 4.31 Å². The first-order chi connectivity index (χ1) is 18.7. The molecule has 0 saturated carbocycles. The van der Waals surface area contributed by atoms with Crippen LogP contribution in [0, 0.1) is 0 Å². The minimum atomic E-state index is -4.21. The molecule has 0 heterocycles. The fraction of sp³-hybridized carbons (Fsp3) is 0.310. The second kappa shape index (κ2) is 12.9. The lowest BCUT2D eigenvalue weighted by Gasteiger charge is -2.33. The van der Waals surface area contributed by atoms with E-state index >= 15 is 0 Å². The Bertz CT molecular complexity index is 1460. The number of anilines is 1. The summed E-state index contributed by atoms with van der Waals surface area (Å²) in [5.41, 5.74) is 0.250. The third-order valence-electron chi connectivity index (χ3n) is 5.97. The average Bonchev–Trinajstić information content (AvgIpc) is 2.91. The van der Waals surface area contributed by atoms with E-state index in [0.29, 0.717) is 15.6 Å². The number of para-hydroxylation sites is 2. The Morgan fingerprint density at radius 2 is 1.57 bits per heavy atom. The van der Waals surface area contributed by atoms with Gasteiger partial charge in [-0.3, -0.25) is 13.9 Å². The molecule has 2 amide bonds. The molecule has 3 aromatic carbocycles. The molecule has 0 saturated heterocycles. The van der Waals surface area contributed by atoms with Gasteiger partial charge in [-0.2, -0.15) is 0 Å². The van der Waals surface area contributed by atoms with Crippen LogP contribution in [0.15, 0.2) is 77.7 Å². The SMILES string of the molecule is COc1ccccc1N(CC(=O)N(Cc1ccc(Cl)c(Cl)c1)[C@H](C)C(=O)NC(C)(C)C)S(=O)(=O)c1ccccc1. The molecule has 0 aliphatic carbocycles. The van der Waals surface area contributed by atoms with Crippen LogP contribution >= 0.6 is 23.2 Å². The highest BCUT2D eigenvalue weighted by Gasteiger charge is 2.34. The van der Waals surface area contributed by atoms with E-state index in [2.05, 4.69) is 5.32 Å². The van der Waals surface area contributed by atoms with Crippen LogP contribution in [-0.2, 0) is 26.2 Å². The molecule has 0 aliphatic heterocycles. The number of rotatable bonds is 10. The van der Waals surface area contributed by atoms with E-state index in [1.54, 1.807) is 67.6 Å². The van der Waals surface area contributed by atoms with Crippen molar-refractivity contribution in [2.45, 2.75) is 50.7 Å². The van der Waals surface area contributed by atoms with Crippen molar-refractivity contribution in [1.29, 1.82) is 0 Å². The van der Waals surface area contributed by atoms with Crippen LogP contribution in [0.25, 0.3) is 0 Å². The number of halogens is 2. The summed E-state index contributed by atoms with van der Waals surface area (Å²) in [4.78, 5) is 28.5. The predicted octanol–water partition coefficient (Wildman–Crippen LogP) is 5.53. The number of benzene rings is 3. The topological polar surface area (TPSA) is 96.0 Å². The molecule has 0 spiro atoms. The van der Waals surface area contributed by atoms with Gasteiger partial charge < -0.3 is 15.0 Å². The summed E-state index contributed by atoms with van der Waals surface area (Å²) < 4.78 is 34.2. The number of methoxy groups -OCH3 is 1. The van der Waals surface area contributed by atoms with Crippen molar-refractivity contribution in [3.8, 4) is 5.75 Å². The van der Waals surface area contributed by atoms with Gasteiger partial charge in [-0.25, -0.2) is 8.42 Å². The number of carbonyl (C=O) groups is 2. The first-order valence-corrected chi connectivity index (χ1v) is 14.7. The second-order valence-corrected chi connectivity index (χ2v) is 12.9. The summed E-state index contributed by atoms with van der Waals surface area (Å²) in [5, 5.41) is 3.53. The van der Waals surface area contributed by atoms with Crippen LogP contribution in [0.5, 0.6) is 5.75 Å². The van der Waals surface area contributed by atoms with Crippen molar-refractivity contribution in [1.82, 2.24) is 10.2 Å². The van der Waals surface area contributed by atoms with Gasteiger partial charge >= 0.3 is 0 Å². The Hall–Kier alpha value is -3.27. The lowest BCUT2D eigenvalue weighted by molar-refractivity contribution is -0.140. The minimum Gasteiger partial charge on any atom is -0.495 e. The molecule has 0 unspecified atom stereocenters. The summed E-state index contributed by atoms with van der Waals surface area (Å²) in [5.74, 6) is -0.729. The van der Waals surface area contributed by atoms with Gasteiger partial charge in [0.2, 0.25) is 11.8 Å². The third kappa shape index (κ3) is 7.68. The zero-order valence-corrected chi connectivity index (χ0v) is 25.3. The Morgan fingerprint density at radius 1 is 0.950 bits per heavy atom. The maximum absolute atomic E-state index is 14.0. The molecule has 40 heavy (non-hydrogen) atoms. The molecular formula is C29H33Cl2N3O5S. The van der Waals surface area contributed by atoms with E-state index in [1.807, 2.05) is 20.8 Å². The Kier molecular flexibility index (Phi) is 10.1. The Labute approximate surface area is 245 Å². The lowest BCUT2D eigenvalue weighted by atomic mass is 10.1. The number of nitrogens with zero attached hydrogens (tertiary/aromatic N) is 2. The summed E-state index contributed by atoms with van der Waals surface area (Å²) in [6.45, 7) is 6.48. The molecule has 0 bridgehead atoms. The van der Waals surface area contributed by atoms with Gasteiger partial charge in [0.05, 0.1) is 27.7 Å². The maximum Gasteiger partial charge on any atom is 0.264 e. The van der Waals surface area contributed by atoms with Gasteiger partial charge in [0, 0.05) is 12.1 Å². The third-order valence-corrected chi connectivity index (χ3v) is 8.48. The normalized spacial score (nSPS) is 12.4. The van der Waals surface area contributed by atoms with E-state index in [-0.39, 0.29) is 22.9 Å². The van der Waals surface area contributed by atoms with Crippen molar-refractivity contribution in [3.05, 3.63) is 88.4 Å². The Balaban J connectivity index is 2.08. The van der Waals surface area contributed by atoms with Crippen LogP contribution in [0.3, 0.4) is 0 Å². The molecule has 1 N–H and O–H groups in total. The molecule has 11 heteroatoms. The number of carbonyl (C=O) groups excluding carboxylic acids is 2. The van der Waals surface area contributed by atoms with Crippen molar-refractivity contribution >= 4 is 50.7 Å². The summed E-state index contributed by atoms with van der Waals surface area (Å²) in [6, 6.07) is 18.3. The van der Waals surface area contributed by atoms with Crippen LogP contribution < -0.4 is 14.4 Å². The molecule has 1 atom stereocenters. The van der Waals surface area contributed by atoms with Crippen molar-refractivity contribution in [2.24, 2.45) is 0 Å². The molecule has 0 fully saturated rings. The fourth-order valence-electron chi connectivity index (χ4n) is 3.96. The minimum absolute atomic E-state index is 0.00302. The van der Waals surface area contributed by atoms with E-state index in [4.69, 9.17) is 27.9 Å². The van der Waals surface area contributed by atoms with Crippen LogP contribution in [0.1, 0.15) is 33.3 Å². The van der Waals surface area contributed by atoms with E-state index in [9.17, 15) is 18.0 Å². The highest BCUT2D eigenvalue weighted by atomic mass is 35.5. The quantitative estimate of drug-likeness (QED) is 0.328. The van der Waals surface area contributed by atoms with Gasteiger partial charge in [0.15, 0.2) is 0 Å².